The fraction of sp³-hybridized carbons (Fsp3) is 0.188. The first-order valence-electron chi connectivity index (χ1n) is 6.86. The summed E-state index contributed by atoms with van der Waals surface area (Å²) in [7, 11) is -3.84. The molecule has 23 heavy (non-hydrogen) atoms. The van der Waals surface area contributed by atoms with E-state index in [2.05, 4.69) is 4.72 Å². The predicted octanol–water partition coefficient (Wildman–Crippen LogP) is 2.88. The molecule has 122 valence electrons. The third-order valence-corrected chi connectivity index (χ3v) is 4.67. The van der Waals surface area contributed by atoms with Crippen molar-refractivity contribution in [1.29, 1.82) is 0 Å². The number of benzene rings is 2. The van der Waals surface area contributed by atoms with Gasteiger partial charge in [0.15, 0.2) is 0 Å². The van der Waals surface area contributed by atoms with Crippen LogP contribution in [0.3, 0.4) is 0 Å². The van der Waals surface area contributed by atoms with Crippen LogP contribution in [-0.4, -0.2) is 25.5 Å². The summed E-state index contributed by atoms with van der Waals surface area (Å²) in [6.45, 7) is 3.33. The molecular weight excluding hydrogens is 321 g/mol. The van der Waals surface area contributed by atoms with Crippen molar-refractivity contribution < 1.29 is 22.7 Å². The number of carboxylic acid groups (broad SMARTS) is 1. The number of carboxylic acids is 1. The van der Waals surface area contributed by atoms with Crippen LogP contribution in [0.5, 0.6) is 0 Å². The van der Waals surface area contributed by atoms with Crippen molar-refractivity contribution in [3.05, 3.63) is 53.8 Å². The predicted molar refractivity (Wildman–Crippen MR) is 84.3 cm³/mol. The van der Waals surface area contributed by atoms with Gasteiger partial charge in [0.2, 0.25) is 10.0 Å². The lowest BCUT2D eigenvalue weighted by molar-refractivity contribution is 0.0696. The summed E-state index contributed by atoms with van der Waals surface area (Å²) >= 11 is 0. The van der Waals surface area contributed by atoms with Gasteiger partial charge in [-0.2, -0.15) is 0 Å². The second-order valence-electron chi connectivity index (χ2n) is 5.33. The molecule has 2 aromatic carbocycles. The Hall–Kier alpha value is -2.25. The molecule has 0 aliphatic heterocycles. The average molecular weight is 337 g/mol. The summed E-state index contributed by atoms with van der Waals surface area (Å²) in [4.78, 5) is 11.1. The molecule has 0 saturated heterocycles. The summed E-state index contributed by atoms with van der Waals surface area (Å²) < 4.78 is 40.0. The number of sulfonamides is 1. The summed E-state index contributed by atoms with van der Waals surface area (Å²) in [5, 5.41) is 9.20. The zero-order valence-corrected chi connectivity index (χ0v) is 13.4. The molecule has 0 fully saturated rings. The normalized spacial score (nSPS) is 11.7. The number of halogens is 1. The standard InChI is InChI=1S/C16H16FNO4S/c1-10(2)18-23(21,22)15-8-12(7-13(9-15)16(19)20)11-3-5-14(17)6-4-11/h3-10,18H,1-2H3,(H,19,20). The lowest BCUT2D eigenvalue weighted by atomic mass is 10.0. The van der Waals surface area contributed by atoms with Gasteiger partial charge in [0.05, 0.1) is 10.5 Å². The Morgan fingerprint density at radius 1 is 1.09 bits per heavy atom. The van der Waals surface area contributed by atoms with Crippen molar-refractivity contribution in [1.82, 2.24) is 4.72 Å². The van der Waals surface area contributed by atoms with E-state index in [-0.39, 0.29) is 16.5 Å². The molecule has 2 rings (SSSR count). The van der Waals surface area contributed by atoms with Gasteiger partial charge in [0.25, 0.3) is 0 Å². The molecule has 0 radical (unpaired) electrons. The minimum atomic E-state index is -3.84. The van der Waals surface area contributed by atoms with E-state index in [9.17, 15) is 22.7 Å². The molecule has 0 atom stereocenters. The van der Waals surface area contributed by atoms with Gasteiger partial charge < -0.3 is 5.11 Å². The molecule has 0 unspecified atom stereocenters. The Kier molecular flexibility index (Phi) is 4.82. The summed E-state index contributed by atoms with van der Waals surface area (Å²) in [6.07, 6.45) is 0. The smallest absolute Gasteiger partial charge is 0.335 e. The van der Waals surface area contributed by atoms with Crippen molar-refractivity contribution >= 4 is 16.0 Å². The monoisotopic (exact) mass is 337 g/mol. The molecule has 0 aromatic heterocycles. The van der Waals surface area contributed by atoms with Gasteiger partial charge in [0.1, 0.15) is 5.82 Å². The first-order chi connectivity index (χ1) is 10.7. The number of rotatable bonds is 5. The summed E-state index contributed by atoms with van der Waals surface area (Å²) in [5.74, 6) is -1.67. The minimum absolute atomic E-state index is 0.148. The molecular formula is C16H16FNO4S. The van der Waals surface area contributed by atoms with Gasteiger partial charge in [-0.25, -0.2) is 22.3 Å². The van der Waals surface area contributed by atoms with Crippen LogP contribution in [0.1, 0.15) is 24.2 Å². The third kappa shape index (κ3) is 4.14. The molecule has 0 aliphatic carbocycles. The van der Waals surface area contributed by atoms with Crippen LogP contribution in [0, 0.1) is 5.82 Å². The van der Waals surface area contributed by atoms with Crippen LogP contribution < -0.4 is 4.72 Å². The molecule has 2 aromatic rings. The fourth-order valence-electron chi connectivity index (χ4n) is 2.07. The van der Waals surface area contributed by atoms with Crippen molar-refractivity contribution in [2.75, 3.05) is 0 Å². The first-order valence-corrected chi connectivity index (χ1v) is 8.34. The van der Waals surface area contributed by atoms with Gasteiger partial charge >= 0.3 is 5.97 Å². The number of nitrogens with one attached hydrogen (secondary N) is 1. The molecule has 7 heteroatoms. The molecule has 0 amide bonds. The topological polar surface area (TPSA) is 83.5 Å². The number of carbonyl (C=O) groups is 1. The quantitative estimate of drug-likeness (QED) is 0.879. The van der Waals surface area contributed by atoms with E-state index < -0.39 is 21.8 Å². The van der Waals surface area contributed by atoms with Gasteiger partial charge in [-0.1, -0.05) is 12.1 Å². The Labute approximate surface area is 133 Å². The van der Waals surface area contributed by atoms with Crippen LogP contribution in [0.2, 0.25) is 0 Å². The van der Waals surface area contributed by atoms with Gasteiger partial charge in [-0.15, -0.1) is 0 Å². The highest BCUT2D eigenvalue weighted by Gasteiger charge is 2.19. The molecule has 5 nitrogen and oxygen atoms in total. The Morgan fingerprint density at radius 3 is 2.22 bits per heavy atom. The van der Waals surface area contributed by atoms with E-state index in [0.29, 0.717) is 11.1 Å². The molecule has 0 aliphatic rings. The Balaban J connectivity index is 2.61. The number of hydrogen-bond donors (Lipinski definition) is 2. The highest BCUT2D eigenvalue weighted by atomic mass is 32.2. The minimum Gasteiger partial charge on any atom is -0.478 e. The zero-order chi connectivity index (χ0) is 17.2. The average Bonchev–Trinajstić information content (AvgIpc) is 2.46. The first kappa shape index (κ1) is 17.1. The van der Waals surface area contributed by atoms with E-state index in [1.54, 1.807) is 13.8 Å². The van der Waals surface area contributed by atoms with E-state index in [0.717, 1.165) is 6.07 Å². The van der Waals surface area contributed by atoms with Crippen LogP contribution in [-0.2, 0) is 10.0 Å². The number of aromatic carboxylic acids is 1. The molecule has 0 spiro atoms. The van der Waals surface area contributed by atoms with Crippen LogP contribution >= 0.6 is 0 Å². The second kappa shape index (κ2) is 6.47. The van der Waals surface area contributed by atoms with Gasteiger partial charge in [-0.3, -0.25) is 0 Å². The largest absolute Gasteiger partial charge is 0.478 e. The fourth-order valence-corrected chi connectivity index (χ4v) is 3.39. The second-order valence-corrected chi connectivity index (χ2v) is 7.05. The van der Waals surface area contributed by atoms with Crippen LogP contribution in [0.4, 0.5) is 4.39 Å². The third-order valence-electron chi connectivity index (χ3n) is 3.03. The SMILES string of the molecule is CC(C)NS(=O)(=O)c1cc(C(=O)O)cc(-c2ccc(F)cc2)c1. The zero-order valence-electron chi connectivity index (χ0n) is 12.6. The lowest BCUT2D eigenvalue weighted by Crippen LogP contribution is -2.30. The lowest BCUT2D eigenvalue weighted by Gasteiger charge is -2.12. The maximum atomic E-state index is 13.0. The van der Waals surface area contributed by atoms with Gasteiger partial charge in [0, 0.05) is 6.04 Å². The molecule has 0 heterocycles. The molecule has 2 N–H and O–H groups in total. The summed E-state index contributed by atoms with van der Waals surface area (Å²) in [6, 6.07) is 8.86. The van der Waals surface area contributed by atoms with Crippen molar-refractivity contribution in [2.45, 2.75) is 24.8 Å². The van der Waals surface area contributed by atoms with Crippen molar-refractivity contribution in [3.8, 4) is 11.1 Å². The van der Waals surface area contributed by atoms with Crippen LogP contribution in [0.25, 0.3) is 11.1 Å². The molecule has 0 saturated carbocycles. The van der Waals surface area contributed by atoms with Crippen molar-refractivity contribution in [3.63, 3.8) is 0 Å². The van der Waals surface area contributed by atoms with E-state index in [1.165, 1.54) is 36.4 Å². The van der Waals surface area contributed by atoms with Gasteiger partial charge in [-0.05, 0) is 55.3 Å². The van der Waals surface area contributed by atoms with Crippen LogP contribution in [0.15, 0.2) is 47.4 Å². The Bertz CT molecular complexity index is 830. The molecule has 0 bridgehead atoms. The van der Waals surface area contributed by atoms with E-state index >= 15 is 0 Å². The van der Waals surface area contributed by atoms with E-state index in [4.69, 9.17) is 0 Å². The summed E-state index contributed by atoms with van der Waals surface area (Å²) in [5.41, 5.74) is 0.750. The Morgan fingerprint density at radius 2 is 1.70 bits per heavy atom. The highest BCUT2D eigenvalue weighted by Crippen LogP contribution is 2.25. The van der Waals surface area contributed by atoms with E-state index in [1.807, 2.05) is 0 Å². The van der Waals surface area contributed by atoms with Crippen molar-refractivity contribution in [2.24, 2.45) is 0 Å². The highest BCUT2D eigenvalue weighted by molar-refractivity contribution is 7.89. The maximum Gasteiger partial charge on any atom is 0.335 e. The number of hydrogen-bond acceptors (Lipinski definition) is 3. The maximum absolute atomic E-state index is 13.0.